The Kier molecular flexibility index (Phi) is 7.12. The van der Waals surface area contributed by atoms with E-state index in [9.17, 15) is 19.7 Å². The number of esters is 2. The Hall–Kier alpha value is -2.13. The van der Waals surface area contributed by atoms with Crippen LogP contribution < -0.4 is 0 Å². The van der Waals surface area contributed by atoms with Gasteiger partial charge in [-0.1, -0.05) is 17.4 Å². The highest BCUT2D eigenvalue weighted by Gasteiger charge is 2.80. The topological polar surface area (TPSA) is 117 Å². The van der Waals surface area contributed by atoms with Gasteiger partial charge in [0.1, 0.15) is 0 Å². The van der Waals surface area contributed by atoms with Gasteiger partial charge in [-0.3, -0.25) is 19.7 Å². The zero-order valence-electron chi connectivity index (χ0n) is 19.1. The first kappa shape index (κ1) is 25.1. The Morgan fingerprint density at radius 2 is 1.48 bits per heavy atom. The minimum absolute atomic E-state index is 0.157. The lowest BCUT2D eigenvalue weighted by atomic mass is 9.98. The summed E-state index contributed by atoms with van der Waals surface area (Å²) < 4.78 is 22.3. The van der Waals surface area contributed by atoms with Gasteiger partial charge in [0.25, 0.3) is 5.69 Å². The van der Waals surface area contributed by atoms with Crippen LogP contribution in [0.15, 0.2) is 24.3 Å². The molecule has 172 valence electrons. The fourth-order valence-corrected chi connectivity index (χ4v) is 4.98. The summed E-state index contributed by atoms with van der Waals surface area (Å²) in [6.45, 7) is 11.6. The monoisotopic (exact) mass is 470 g/mol. The molecule has 0 N–H and O–H groups in total. The molecule has 1 aliphatic rings. The van der Waals surface area contributed by atoms with Gasteiger partial charge in [0.05, 0.1) is 25.2 Å². The summed E-state index contributed by atoms with van der Waals surface area (Å²) in [6.07, 6.45) is 0. The molecule has 0 radical (unpaired) electrons. The van der Waals surface area contributed by atoms with Crippen LogP contribution in [-0.4, -0.2) is 59.0 Å². The Morgan fingerprint density at radius 3 is 1.87 bits per heavy atom. The fraction of sp³-hybridized carbons (Fsp3) is 0.579. The van der Waals surface area contributed by atoms with Crippen LogP contribution in [-0.2, 0) is 28.1 Å². The lowest BCUT2D eigenvalue weighted by Crippen LogP contribution is -2.48. The van der Waals surface area contributed by atoms with Gasteiger partial charge in [0.15, 0.2) is 5.41 Å². The van der Waals surface area contributed by atoms with Crippen molar-refractivity contribution in [1.82, 2.24) is 5.23 Å². The van der Waals surface area contributed by atoms with Crippen molar-refractivity contribution in [3.8, 4) is 0 Å². The second-order valence-corrected chi connectivity index (χ2v) is 18.1. The molecule has 0 aromatic heterocycles. The maximum absolute atomic E-state index is 13.0. The van der Waals surface area contributed by atoms with Crippen LogP contribution in [0.4, 0.5) is 5.69 Å². The van der Waals surface area contributed by atoms with Crippen molar-refractivity contribution in [3.05, 3.63) is 39.9 Å². The average Bonchev–Trinajstić information content (AvgIpc) is 3.35. The van der Waals surface area contributed by atoms with Crippen LogP contribution in [0.3, 0.4) is 0 Å². The number of carbonyl (C=O) groups excluding carboxylic acids is 2. The third kappa shape index (κ3) is 5.21. The summed E-state index contributed by atoms with van der Waals surface area (Å²) in [5.41, 5.74) is -1.52. The van der Waals surface area contributed by atoms with Crippen LogP contribution in [0.1, 0.15) is 11.5 Å². The molecular weight excluding hydrogens is 440 g/mol. The van der Waals surface area contributed by atoms with Gasteiger partial charge >= 0.3 is 11.9 Å². The van der Waals surface area contributed by atoms with Gasteiger partial charge in [-0.15, -0.1) is 0 Å². The lowest BCUT2D eigenvalue weighted by molar-refractivity contribution is -0.384. The number of benzene rings is 1. The predicted octanol–water partition coefficient (Wildman–Crippen LogP) is 3.23. The number of carbonyl (C=O) groups is 2. The second kappa shape index (κ2) is 8.78. The molecule has 0 aliphatic heterocycles. The molecule has 31 heavy (non-hydrogen) atoms. The van der Waals surface area contributed by atoms with Crippen molar-refractivity contribution in [2.45, 2.75) is 51.2 Å². The maximum atomic E-state index is 13.0. The SMILES string of the molecule is COC(=O)C1(C(=O)OC)[C@@H](N(O[Si](C)(C)C)O[Si](C)(C)C)[C@@H]1c1cccc([N+](=O)[O-])c1. The zero-order chi connectivity index (χ0) is 23.8. The van der Waals surface area contributed by atoms with Crippen molar-refractivity contribution in [2.75, 3.05) is 14.2 Å². The molecule has 0 spiro atoms. The molecule has 0 heterocycles. The molecule has 0 unspecified atom stereocenters. The lowest BCUT2D eigenvalue weighted by Gasteiger charge is -2.34. The van der Waals surface area contributed by atoms with Crippen LogP contribution in [0, 0.1) is 15.5 Å². The van der Waals surface area contributed by atoms with E-state index in [1.54, 1.807) is 6.07 Å². The molecule has 1 saturated carbocycles. The minimum Gasteiger partial charge on any atom is -0.468 e. The van der Waals surface area contributed by atoms with E-state index in [4.69, 9.17) is 18.5 Å². The van der Waals surface area contributed by atoms with E-state index in [0.717, 1.165) is 0 Å². The Morgan fingerprint density at radius 1 is 1.00 bits per heavy atom. The number of rotatable bonds is 9. The van der Waals surface area contributed by atoms with E-state index >= 15 is 0 Å². The third-order valence-electron chi connectivity index (χ3n) is 4.60. The van der Waals surface area contributed by atoms with Crippen molar-refractivity contribution >= 4 is 34.3 Å². The first-order valence-corrected chi connectivity index (χ1v) is 16.6. The molecule has 10 nitrogen and oxygen atoms in total. The van der Waals surface area contributed by atoms with Gasteiger partial charge in [-0.25, -0.2) is 0 Å². The van der Waals surface area contributed by atoms with Gasteiger partial charge in [0.2, 0.25) is 16.6 Å². The standard InChI is InChI=1S/C19H30N2O8Si2/c1-26-17(22)19(18(23)27-2)15(13-10-9-11-14(12-13)20(24)25)16(19)21(28-30(3,4)5)29-31(6,7)8/h9-12,15-16H,1-8H3/t15-,16-/m0/s1. The number of hydroxylamine groups is 2. The summed E-state index contributed by atoms with van der Waals surface area (Å²) >= 11 is 0. The molecule has 0 saturated heterocycles. The predicted molar refractivity (Wildman–Crippen MR) is 117 cm³/mol. The quantitative estimate of drug-likeness (QED) is 0.176. The molecular formula is C19H30N2O8Si2. The molecule has 1 aliphatic carbocycles. The van der Waals surface area contributed by atoms with E-state index < -0.39 is 50.9 Å². The Labute approximate surface area is 183 Å². The van der Waals surface area contributed by atoms with Crippen molar-refractivity contribution in [3.63, 3.8) is 0 Å². The van der Waals surface area contributed by atoms with E-state index in [1.807, 2.05) is 39.3 Å². The summed E-state index contributed by atoms with van der Waals surface area (Å²) in [7, 11) is -2.13. The highest BCUT2D eigenvalue weighted by atomic mass is 28.4. The molecule has 12 heteroatoms. The van der Waals surface area contributed by atoms with Crippen molar-refractivity contribution in [2.24, 2.45) is 5.41 Å². The largest absolute Gasteiger partial charge is 0.468 e. The second-order valence-electron chi connectivity index (χ2n) is 9.32. The molecule has 2 rings (SSSR count). The molecule has 2 atom stereocenters. The van der Waals surface area contributed by atoms with E-state index in [-0.39, 0.29) is 5.69 Å². The van der Waals surface area contributed by atoms with Crippen LogP contribution in [0.25, 0.3) is 0 Å². The number of hydrogen-bond donors (Lipinski definition) is 0. The maximum Gasteiger partial charge on any atom is 0.325 e. The average molecular weight is 471 g/mol. The number of nitrogens with zero attached hydrogens (tertiary/aromatic N) is 2. The molecule has 0 bridgehead atoms. The highest BCUT2D eigenvalue weighted by molar-refractivity contribution is 6.70. The third-order valence-corrected chi connectivity index (χ3v) is 6.06. The summed E-state index contributed by atoms with van der Waals surface area (Å²) in [5.74, 6) is -2.45. The molecule has 1 fully saturated rings. The molecule has 0 amide bonds. The molecule has 1 aromatic rings. The summed E-state index contributed by atoms with van der Waals surface area (Å²) in [4.78, 5) is 36.7. The number of nitro groups is 1. The van der Waals surface area contributed by atoms with Crippen LogP contribution in [0.2, 0.25) is 39.3 Å². The van der Waals surface area contributed by atoms with Gasteiger partial charge in [-0.2, -0.15) is 0 Å². The number of non-ortho nitro benzene ring substituents is 1. The summed E-state index contributed by atoms with van der Waals surface area (Å²) in [6, 6.07) is 4.90. The fourth-order valence-electron chi connectivity index (χ4n) is 3.52. The normalized spacial score (nSPS) is 20.3. The molecule has 1 aromatic carbocycles. The Bertz CT molecular complexity index is 833. The Balaban J connectivity index is 2.68. The van der Waals surface area contributed by atoms with Gasteiger partial charge in [-0.05, 0) is 44.8 Å². The number of nitro benzene ring substituents is 1. The van der Waals surface area contributed by atoms with Crippen LogP contribution in [0.5, 0.6) is 0 Å². The van der Waals surface area contributed by atoms with E-state index in [2.05, 4.69) is 0 Å². The zero-order valence-corrected chi connectivity index (χ0v) is 21.1. The van der Waals surface area contributed by atoms with E-state index in [1.165, 1.54) is 37.6 Å². The number of ether oxygens (including phenoxy) is 2. The van der Waals surface area contributed by atoms with Gasteiger partial charge in [0, 0.05) is 18.1 Å². The number of methoxy groups -OCH3 is 2. The first-order chi connectivity index (χ1) is 14.2. The first-order valence-electron chi connectivity index (χ1n) is 9.77. The van der Waals surface area contributed by atoms with Crippen LogP contribution >= 0.6 is 0 Å². The van der Waals surface area contributed by atoms with Crippen molar-refractivity contribution < 1.29 is 33.0 Å². The minimum atomic E-state index is -2.24. The number of hydrogen-bond acceptors (Lipinski definition) is 9. The smallest absolute Gasteiger partial charge is 0.325 e. The highest BCUT2D eigenvalue weighted by Crippen LogP contribution is 2.64. The van der Waals surface area contributed by atoms with E-state index in [0.29, 0.717) is 5.56 Å². The van der Waals surface area contributed by atoms with Gasteiger partial charge < -0.3 is 18.5 Å². The summed E-state index contributed by atoms with van der Waals surface area (Å²) in [5, 5.41) is 12.6. The van der Waals surface area contributed by atoms with Crippen molar-refractivity contribution in [1.29, 1.82) is 0 Å².